The minimum Gasteiger partial charge on any atom is -0.466 e. The van der Waals surface area contributed by atoms with Crippen LogP contribution in [0.25, 0.3) is 0 Å². The number of esters is 1. The van der Waals surface area contributed by atoms with Crippen LogP contribution in [0.4, 0.5) is 0 Å². The number of rotatable bonds is 45. The molecule has 0 saturated carbocycles. The summed E-state index contributed by atoms with van der Waals surface area (Å²) in [6.07, 6.45) is 53.1. The van der Waals surface area contributed by atoms with E-state index in [0.717, 1.165) is 77.0 Å². The van der Waals surface area contributed by atoms with E-state index in [0.29, 0.717) is 19.4 Å². The molecule has 2 unspecified atom stereocenters. The molecule has 0 aliphatic heterocycles. The molecule has 0 aromatic rings. The molecule has 0 rings (SSSR count). The lowest BCUT2D eigenvalue weighted by atomic mass is 10.0. The van der Waals surface area contributed by atoms with Crippen LogP contribution in [0.2, 0.25) is 0 Å². The summed E-state index contributed by atoms with van der Waals surface area (Å²) in [6, 6.07) is -0.645. The Labute approximate surface area is 348 Å². The first-order valence-electron chi connectivity index (χ1n) is 24.6. The second kappa shape index (κ2) is 46.0. The Morgan fingerprint density at radius 1 is 0.482 bits per heavy atom. The lowest BCUT2D eigenvalue weighted by Gasteiger charge is -2.20. The van der Waals surface area contributed by atoms with Crippen molar-refractivity contribution in [3.8, 4) is 0 Å². The fourth-order valence-electron chi connectivity index (χ4n) is 7.39. The molecule has 0 heterocycles. The Hall–Kier alpha value is -1.66. The van der Waals surface area contributed by atoms with Gasteiger partial charge in [0.05, 0.1) is 25.4 Å². The van der Waals surface area contributed by atoms with E-state index < -0.39 is 12.1 Å². The molecule has 3 N–H and O–H groups in total. The summed E-state index contributed by atoms with van der Waals surface area (Å²) in [5.74, 6) is -0.117. The van der Waals surface area contributed by atoms with Crippen molar-refractivity contribution in [3.63, 3.8) is 0 Å². The van der Waals surface area contributed by atoms with Crippen molar-refractivity contribution in [1.29, 1.82) is 0 Å². The average Bonchev–Trinajstić information content (AvgIpc) is 3.20. The van der Waals surface area contributed by atoms with Crippen LogP contribution in [0.5, 0.6) is 0 Å². The van der Waals surface area contributed by atoms with Crippen molar-refractivity contribution in [2.24, 2.45) is 0 Å². The van der Waals surface area contributed by atoms with Gasteiger partial charge in [-0.1, -0.05) is 205 Å². The van der Waals surface area contributed by atoms with Crippen molar-refractivity contribution < 1.29 is 24.5 Å². The normalized spacial score (nSPS) is 12.9. The number of nitrogens with one attached hydrogen (secondary N) is 1. The summed E-state index contributed by atoms with van der Waals surface area (Å²) in [7, 11) is 0. The fraction of sp³-hybridized carbons (Fsp3) is 0.880. The highest BCUT2D eigenvalue weighted by Gasteiger charge is 2.18. The van der Waals surface area contributed by atoms with E-state index in [9.17, 15) is 19.8 Å². The van der Waals surface area contributed by atoms with Gasteiger partial charge in [-0.05, 0) is 64.2 Å². The van der Waals surface area contributed by atoms with E-state index in [4.69, 9.17) is 4.74 Å². The van der Waals surface area contributed by atoms with E-state index in [1.807, 2.05) is 6.08 Å². The first-order chi connectivity index (χ1) is 27.5. The van der Waals surface area contributed by atoms with E-state index in [-0.39, 0.29) is 18.5 Å². The van der Waals surface area contributed by atoms with Gasteiger partial charge in [0, 0.05) is 12.8 Å². The predicted molar refractivity (Wildman–Crippen MR) is 241 cm³/mol. The van der Waals surface area contributed by atoms with Gasteiger partial charge in [0.15, 0.2) is 0 Å². The molecule has 0 saturated heterocycles. The number of amides is 1. The second-order valence-electron chi connectivity index (χ2n) is 16.8. The number of hydrogen-bond acceptors (Lipinski definition) is 5. The van der Waals surface area contributed by atoms with Gasteiger partial charge in [0.1, 0.15) is 0 Å². The van der Waals surface area contributed by atoms with Gasteiger partial charge < -0.3 is 20.3 Å². The summed E-state index contributed by atoms with van der Waals surface area (Å²) in [5, 5.41) is 23.0. The molecule has 0 aliphatic rings. The molecule has 0 aliphatic carbocycles. The smallest absolute Gasteiger partial charge is 0.305 e. The molecule has 0 bridgehead atoms. The topological polar surface area (TPSA) is 95.9 Å². The molecule has 0 aromatic heterocycles. The Morgan fingerprint density at radius 3 is 1.27 bits per heavy atom. The number of aliphatic hydroxyl groups excluding tert-OH is 2. The lowest BCUT2D eigenvalue weighted by Crippen LogP contribution is -2.45. The molecule has 56 heavy (non-hydrogen) atoms. The fourth-order valence-corrected chi connectivity index (χ4v) is 7.39. The number of hydrogen-bond donors (Lipinski definition) is 3. The highest BCUT2D eigenvalue weighted by molar-refractivity contribution is 5.76. The zero-order valence-corrected chi connectivity index (χ0v) is 37.4. The van der Waals surface area contributed by atoms with E-state index in [1.54, 1.807) is 6.08 Å². The van der Waals surface area contributed by atoms with Crippen LogP contribution in [0.3, 0.4) is 0 Å². The lowest BCUT2D eigenvalue weighted by molar-refractivity contribution is -0.143. The zero-order chi connectivity index (χ0) is 40.8. The van der Waals surface area contributed by atoms with Gasteiger partial charge >= 0.3 is 5.97 Å². The third kappa shape index (κ3) is 42.0. The molecule has 0 aromatic carbocycles. The molecule has 330 valence electrons. The SMILES string of the molecule is CCCCCCCCCCCCC/C=C/C(O)C(CO)NC(=O)CCCCCCC/C=C\CCCCCOC(=O)CCCCCCCCCCCCCCCC. The van der Waals surface area contributed by atoms with E-state index in [1.165, 1.54) is 154 Å². The quantitative estimate of drug-likeness (QED) is 0.0324. The number of unbranched alkanes of at least 4 members (excludes halogenated alkanes) is 32. The highest BCUT2D eigenvalue weighted by atomic mass is 16.5. The Bertz CT molecular complexity index is 874. The van der Waals surface area contributed by atoms with Crippen molar-refractivity contribution in [3.05, 3.63) is 24.3 Å². The largest absolute Gasteiger partial charge is 0.466 e. The molecule has 0 spiro atoms. The van der Waals surface area contributed by atoms with E-state index >= 15 is 0 Å². The summed E-state index contributed by atoms with van der Waals surface area (Å²) >= 11 is 0. The van der Waals surface area contributed by atoms with Gasteiger partial charge in [-0.3, -0.25) is 9.59 Å². The summed E-state index contributed by atoms with van der Waals surface area (Å²) in [5.41, 5.74) is 0. The number of carbonyl (C=O) groups is 2. The van der Waals surface area contributed by atoms with Crippen LogP contribution in [-0.4, -0.2) is 47.4 Å². The monoisotopic (exact) mass is 790 g/mol. The molecule has 6 nitrogen and oxygen atoms in total. The minimum absolute atomic E-state index is 0.0227. The summed E-state index contributed by atoms with van der Waals surface area (Å²) in [6.45, 7) is 4.83. The maximum atomic E-state index is 12.4. The van der Waals surface area contributed by atoms with Crippen LogP contribution in [0.1, 0.15) is 258 Å². The number of allylic oxidation sites excluding steroid dienone is 3. The van der Waals surface area contributed by atoms with Crippen LogP contribution in [0, 0.1) is 0 Å². The molecule has 0 fully saturated rings. The van der Waals surface area contributed by atoms with Gasteiger partial charge in [0.25, 0.3) is 0 Å². The third-order valence-corrected chi connectivity index (χ3v) is 11.2. The highest BCUT2D eigenvalue weighted by Crippen LogP contribution is 2.15. The standard InChI is InChI=1S/C50H95NO5/c1-3-5-7-9-11-13-15-17-19-24-28-32-36-40-44-50(55)56-45-41-37-33-29-25-21-20-23-27-31-35-39-43-49(54)51-47(46-52)48(53)42-38-34-30-26-22-18-16-14-12-10-8-6-4-2/h21,25,38,42,47-48,52-53H,3-20,22-24,26-37,39-41,43-46H2,1-2H3,(H,51,54)/b25-21-,42-38+. The van der Waals surface area contributed by atoms with Crippen molar-refractivity contribution in [2.45, 2.75) is 270 Å². The van der Waals surface area contributed by atoms with Crippen LogP contribution in [0.15, 0.2) is 24.3 Å². The Balaban J connectivity index is 3.53. The van der Waals surface area contributed by atoms with Gasteiger partial charge in [0.2, 0.25) is 5.91 Å². The van der Waals surface area contributed by atoms with Gasteiger partial charge in [-0.25, -0.2) is 0 Å². The zero-order valence-electron chi connectivity index (χ0n) is 37.4. The van der Waals surface area contributed by atoms with Crippen molar-refractivity contribution in [2.75, 3.05) is 13.2 Å². The van der Waals surface area contributed by atoms with Crippen molar-refractivity contribution in [1.82, 2.24) is 5.32 Å². The number of aliphatic hydroxyl groups is 2. The molecular weight excluding hydrogens is 695 g/mol. The maximum absolute atomic E-state index is 12.4. The van der Waals surface area contributed by atoms with Crippen LogP contribution in [-0.2, 0) is 14.3 Å². The first-order valence-corrected chi connectivity index (χ1v) is 24.6. The minimum atomic E-state index is -0.858. The second-order valence-corrected chi connectivity index (χ2v) is 16.8. The number of carbonyl (C=O) groups excluding carboxylic acids is 2. The maximum Gasteiger partial charge on any atom is 0.305 e. The van der Waals surface area contributed by atoms with Gasteiger partial charge in [-0.15, -0.1) is 0 Å². The molecule has 0 radical (unpaired) electrons. The Morgan fingerprint density at radius 2 is 0.839 bits per heavy atom. The van der Waals surface area contributed by atoms with Crippen LogP contribution >= 0.6 is 0 Å². The number of ether oxygens (including phenoxy) is 1. The third-order valence-electron chi connectivity index (χ3n) is 11.2. The van der Waals surface area contributed by atoms with Gasteiger partial charge in [-0.2, -0.15) is 0 Å². The van der Waals surface area contributed by atoms with Crippen LogP contribution < -0.4 is 5.32 Å². The Kier molecular flexibility index (Phi) is 44.7. The summed E-state index contributed by atoms with van der Waals surface area (Å²) < 4.78 is 5.44. The predicted octanol–water partition coefficient (Wildman–Crippen LogP) is 14.3. The van der Waals surface area contributed by atoms with E-state index in [2.05, 4.69) is 31.3 Å². The summed E-state index contributed by atoms with van der Waals surface area (Å²) in [4.78, 5) is 24.4. The average molecular weight is 790 g/mol. The molecule has 6 heteroatoms. The first kappa shape index (κ1) is 54.3. The molecule has 1 amide bonds. The molecular formula is C50H95NO5. The van der Waals surface area contributed by atoms with Crippen molar-refractivity contribution >= 4 is 11.9 Å². The molecule has 2 atom stereocenters.